The van der Waals surface area contributed by atoms with Crippen LogP contribution in [0.4, 0.5) is 5.69 Å². The number of benzene rings is 1. The summed E-state index contributed by atoms with van der Waals surface area (Å²) in [6, 6.07) is 6.85. The monoisotopic (exact) mass is 318 g/mol. The number of carbonyl (C=O) groups excluding carboxylic acids is 3. The minimum Gasteiger partial charge on any atom is -0.491 e. The zero-order valence-corrected chi connectivity index (χ0v) is 12.7. The Balaban J connectivity index is 2.05. The SMILES string of the molecule is CN1N=C(C(=O)Nc2ccccc2OCCC(N)=O)CCC1=O. The molecule has 0 aromatic heterocycles. The van der Waals surface area contributed by atoms with Gasteiger partial charge in [-0.1, -0.05) is 12.1 Å². The first-order valence-corrected chi connectivity index (χ1v) is 7.13. The lowest BCUT2D eigenvalue weighted by molar-refractivity contribution is -0.130. The second kappa shape index (κ2) is 7.39. The summed E-state index contributed by atoms with van der Waals surface area (Å²) in [6.45, 7) is 0.125. The van der Waals surface area contributed by atoms with Crippen LogP contribution in [-0.4, -0.2) is 42.1 Å². The second-order valence-electron chi connectivity index (χ2n) is 4.98. The average molecular weight is 318 g/mol. The molecule has 2 rings (SSSR count). The van der Waals surface area contributed by atoms with Crippen molar-refractivity contribution >= 4 is 29.1 Å². The number of hydrogen-bond donors (Lipinski definition) is 2. The Labute approximate surface area is 133 Å². The van der Waals surface area contributed by atoms with Gasteiger partial charge in [0.1, 0.15) is 11.5 Å². The fourth-order valence-electron chi connectivity index (χ4n) is 1.98. The number of para-hydroxylation sites is 2. The number of anilines is 1. The summed E-state index contributed by atoms with van der Waals surface area (Å²) in [7, 11) is 1.51. The Bertz CT molecular complexity index is 657. The maximum atomic E-state index is 12.2. The maximum absolute atomic E-state index is 12.2. The Morgan fingerprint density at radius 2 is 2.09 bits per heavy atom. The highest BCUT2D eigenvalue weighted by atomic mass is 16.5. The average Bonchev–Trinajstić information content (AvgIpc) is 2.51. The van der Waals surface area contributed by atoms with E-state index in [4.69, 9.17) is 10.5 Å². The third-order valence-corrected chi connectivity index (χ3v) is 3.21. The van der Waals surface area contributed by atoms with Gasteiger partial charge >= 0.3 is 0 Å². The zero-order chi connectivity index (χ0) is 16.8. The number of hydrogen-bond acceptors (Lipinski definition) is 5. The fourth-order valence-corrected chi connectivity index (χ4v) is 1.98. The number of hydrazone groups is 1. The number of carbonyl (C=O) groups is 3. The molecule has 0 aliphatic carbocycles. The molecule has 1 aromatic rings. The molecular weight excluding hydrogens is 300 g/mol. The van der Waals surface area contributed by atoms with Crippen molar-refractivity contribution in [1.82, 2.24) is 5.01 Å². The molecule has 0 saturated carbocycles. The summed E-state index contributed by atoms with van der Waals surface area (Å²) in [5, 5.41) is 7.83. The number of nitrogens with two attached hydrogens (primary N) is 1. The molecule has 0 unspecified atom stereocenters. The normalized spacial score (nSPS) is 14.2. The minimum absolute atomic E-state index is 0.0852. The first-order chi connectivity index (χ1) is 11.0. The van der Waals surface area contributed by atoms with Crippen molar-refractivity contribution in [3.8, 4) is 5.75 Å². The molecule has 1 aromatic carbocycles. The summed E-state index contributed by atoms with van der Waals surface area (Å²) >= 11 is 0. The molecule has 122 valence electrons. The zero-order valence-electron chi connectivity index (χ0n) is 12.7. The lowest BCUT2D eigenvalue weighted by atomic mass is 10.1. The number of primary amides is 1. The molecule has 0 atom stereocenters. The van der Waals surface area contributed by atoms with Crippen LogP contribution in [0.15, 0.2) is 29.4 Å². The molecular formula is C15H18N4O4. The predicted octanol–water partition coefficient (Wildman–Crippen LogP) is 0.487. The predicted molar refractivity (Wildman–Crippen MR) is 83.8 cm³/mol. The van der Waals surface area contributed by atoms with Crippen molar-refractivity contribution in [3.05, 3.63) is 24.3 Å². The largest absolute Gasteiger partial charge is 0.491 e. The van der Waals surface area contributed by atoms with E-state index in [-0.39, 0.29) is 31.1 Å². The highest BCUT2D eigenvalue weighted by molar-refractivity contribution is 6.43. The van der Waals surface area contributed by atoms with Crippen LogP contribution in [0.2, 0.25) is 0 Å². The Hall–Kier alpha value is -2.90. The van der Waals surface area contributed by atoms with E-state index in [0.717, 1.165) is 5.01 Å². The van der Waals surface area contributed by atoms with E-state index in [0.29, 0.717) is 17.9 Å². The Morgan fingerprint density at radius 1 is 1.35 bits per heavy atom. The molecule has 8 nitrogen and oxygen atoms in total. The summed E-state index contributed by atoms with van der Waals surface area (Å²) < 4.78 is 5.45. The van der Waals surface area contributed by atoms with Gasteiger partial charge in [-0.25, -0.2) is 5.01 Å². The van der Waals surface area contributed by atoms with Gasteiger partial charge in [-0.2, -0.15) is 5.10 Å². The van der Waals surface area contributed by atoms with E-state index < -0.39 is 11.8 Å². The Kier molecular flexibility index (Phi) is 5.29. The van der Waals surface area contributed by atoms with Gasteiger partial charge in [-0.3, -0.25) is 14.4 Å². The van der Waals surface area contributed by atoms with Crippen LogP contribution in [0, 0.1) is 0 Å². The van der Waals surface area contributed by atoms with Gasteiger partial charge in [0.25, 0.3) is 5.91 Å². The van der Waals surface area contributed by atoms with Crippen LogP contribution in [0.3, 0.4) is 0 Å². The number of nitrogens with one attached hydrogen (secondary N) is 1. The molecule has 1 aliphatic rings. The van der Waals surface area contributed by atoms with E-state index in [1.54, 1.807) is 24.3 Å². The van der Waals surface area contributed by atoms with E-state index in [9.17, 15) is 14.4 Å². The van der Waals surface area contributed by atoms with E-state index in [1.165, 1.54) is 7.05 Å². The highest BCUT2D eigenvalue weighted by Gasteiger charge is 2.22. The van der Waals surface area contributed by atoms with Crippen molar-refractivity contribution in [2.75, 3.05) is 19.0 Å². The third kappa shape index (κ3) is 4.53. The number of rotatable bonds is 6. The minimum atomic E-state index is -0.462. The number of ether oxygens (including phenoxy) is 1. The smallest absolute Gasteiger partial charge is 0.271 e. The third-order valence-electron chi connectivity index (χ3n) is 3.21. The summed E-state index contributed by atoms with van der Waals surface area (Å²) in [5.41, 5.74) is 5.80. The van der Waals surface area contributed by atoms with Gasteiger partial charge < -0.3 is 15.8 Å². The van der Waals surface area contributed by atoms with Crippen molar-refractivity contribution in [1.29, 1.82) is 0 Å². The molecule has 8 heteroatoms. The van der Waals surface area contributed by atoms with Crippen molar-refractivity contribution in [2.45, 2.75) is 19.3 Å². The molecule has 0 spiro atoms. The van der Waals surface area contributed by atoms with E-state index in [2.05, 4.69) is 10.4 Å². The molecule has 0 fully saturated rings. The van der Waals surface area contributed by atoms with E-state index >= 15 is 0 Å². The topological polar surface area (TPSA) is 114 Å². The summed E-state index contributed by atoms with van der Waals surface area (Å²) in [4.78, 5) is 34.4. The van der Waals surface area contributed by atoms with Crippen LogP contribution in [-0.2, 0) is 14.4 Å². The van der Waals surface area contributed by atoms with Crippen LogP contribution in [0.5, 0.6) is 5.75 Å². The number of nitrogens with zero attached hydrogens (tertiary/aromatic N) is 2. The lowest BCUT2D eigenvalue weighted by Crippen LogP contribution is -2.34. The van der Waals surface area contributed by atoms with Gasteiger partial charge in [-0.05, 0) is 12.1 Å². The molecule has 0 bridgehead atoms. The first kappa shape index (κ1) is 16.5. The lowest BCUT2D eigenvalue weighted by Gasteiger charge is -2.19. The Morgan fingerprint density at radius 3 is 2.78 bits per heavy atom. The van der Waals surface area contributed by atoms with Gasteiger partial charge in [-0.15, -0.1) is 0 Å². The number of amides is 3. The molecule has 1 heterocycles. The molecule has 23 heavy (non-hydrogen) atoms. The molecule has 1 aliphatic heterocycles. The molecule has 3 N–H and O–H groups in total. The van der Waals surface area contributed by atoms with Crippen LogP contribution in [0.1, 0.15) is 19.3 Å². The van der Waals surface area contributed by atoms with Gasteiger partial charge in [0.05, 0.1) is 18.7 Å². The fraction of sp³-hybridized carbons (Fsp3) is 0.333. The molecule has 0 radical (unpaired) electrons. The summed E-state index contributed by atoms with van der Waals surface area (Å²) in [6.07, 6.45) is 0.626. The van der Waals surface area contributed by atoms with Crippen molar-refractivity contribution in [2.24, 2.45) is 10.8 Å². The van der Waals surface area contributed by atoms with Crippen molar-refractivity contribution in [3.63, 3.8) is 0 Å². The van der Waals surface area contributed by atoms with Gasteiger partial charge in [0, 0.05) is 19.9 Å². The highest BCUT2D eigenvalue weighted by Crippen LogP contribution is 2.24. The van der Waals surface area contributed by atoms with Crippen molar-refractivity contribution < 1.29 is 19.1 Å². The van der Waals surface area contributed by atoms with Gasteiger partial charge in [0.2, 0.25) is 11.8 Å². The summed E-state index contributed by atoms with van der Waals surface area (Å²) in [5.74, 6) is -0.550. The van der Waals surface area contributed by atoms with Crippen LogP contribution < -0.4 is 15.8 Å². The van der Waals surface area contributed by atoms with Crippen LogP contribution >= 0.6 is 0 Å². The van der Waals surface area contributed by atoms with E-state index in [1.807, 2.05) is 0 Å². The maximum Gasteiger partial charge on any atom is 0.271 e. The van der Waals surface area contributed by atoms with Gasteiger partial charge in [0.15, 0.2) is 0 Å². The quantitative estimate of drug-likeness (QED) is 0.794. The molecule has 3 amide bonds. The second-order valence-corrected chi connectivity index (χ2v) is 4.98. The van der Waals surface area contributed by atoms with Crippen LogP contribution in [0.25, 0.3) is 0 Å². The standard InChI is InChI=1S/C15H18N4O4/c1-19-14(21)7-6-11(18-19)15(22)17-10-4-2-3-5-12(10)23-9-8-13(16)20/h2-5H,6-9H2,1H3,(H2,16,20)(H,17,22). The molecule has 0 saturated heterocycles. The first-order valence-electron chi connectivity index (χ1n) is 7.13.